The highest BCUT2D eigenvalue weighted by Gasteiger charge is 2.16. The lowest BCUT2D eigenvalue weighted by molar-refractivity contribution is 0.333. The molecule has 5 nitrogen and oxygen atoms in total. The Kier molecular flexibility index (Phi) is 3.82. The zero-order chi connectivity index (χ0) is 17.5. The Balaban J connectivity index is 1.63. The van der Waals surface area contributed by atoms with Crippen LogP contribution in [-0.4, -0.2) is 43.9 Å². The van der Waals surface area contributed by atoms with E-state index in [1.165, 1.54) is 25.9 Å². The molecule has 1 aliphatic rings. The molecule has 0 saturated carbocycles. The molecule has 4 aromatic rings. The monoisotopic (exact) mass is 345 g/mol. The first kappa shape index (κ1) is 15.7. The van der Waals surface area contributed by atoms with Crippen molar-refractivity contribution in [1.29, 1.82) is 0 Å². The Morgan fingerprint density at radius 3 is 2.62 bits per heavy atom. The molecule has 5 rings (SSSR count). The molecule has 0 amide bonds. The van der Waals surface area contributed by atoms with Gasteiger partial charge in [-0.15, -0.1) is 0 Å². The topological polar surface area (TPSA) is 46.3 Å². The van der Waals surface area contributed by atoms with E-state index < -0.39 is 0 Å². The summed E-state index contributed by atoms with van der Waals surface area (Å²) in [7, 11) is 0. The molecule has 1 aromatic carbocycles. The second-order valence-electron chi connectivity index (χ2n) is 7.27. The van der Waals surface area contributed by atoms with Gasteiger partial charge in [0.1, 0.15) is 5.52 Å². The van der Waals surface area contributed by atoms with Crippen LogP contribution < -0.4 is 0 Å². The van der Waals surface area contributed by atoms with E-state index in [9.17, 15) is 0 Å². The van der Waals surface area contributed by atoms with Gasteiger partial charge < -0.3 is 4.90 Å². The lowest BCUT2D eigenvalue weighted by Crippen LogP contribution is -2.21. The van der Waals surface area contributed by atoms with Gasteiger partial charge in [0.15, 0.2) is 11.3 Å². The Bertz CT molecular complexity index is 1090. The molecule has 3 aromatic heterocycles. The fraction of sp³-hybridized carbons (Fsp3) is 0.381. The summed E-state index contributed by atoms with van der Waals surface area (Å²) in [6, 6.07) is 12.4. The summed E-state index contributed by atoms with van der Waals surface area (Å²) in [5.41, 5.74) is 7.00. The van der Waals surface area contributed by atoms with E-state index in [-0.39, 0.29) is 0 Å². The predicted octanol–water partition coefficient (Wildman–Crippen LogP) is 3.77. The molecular weight excluding hydrogens is 322 g/mol. The molecule has 4 heterocycles. The van der Waals surface area contributed by atoms with Crippen LogP contribution in [0, 0.1) is 6.92 Å². The van der Waals surface area contributed by atoms with E-state index >= 15 is 0 Å². The fourth-order valence-corrected chi connectivity index (χ4v) is 4.06. The Hall–Kier alpha value is -2.53. The maximum atomic E-state index is 4.94. The average molecular weight is 345 g/mol. The third kappa shape index (κ3) is 2.63. The van der Waals surface area contributed by atoms with Gasteiger partial charge in [0.2, 0.25) is 0 Å². The van der Waals surface area contributed by atoms with E-state index in [2.05, 4.69) is 33.6 Å². The van der Waals surface area contributed by atoms with Crippen LogP contribution in [-0.2, 0) is 6.42 Å². The van der Waals surface area contributed by atoms with Crippen LogP contribution in [0.25, 0.3) is 27.8 Å². The van der Waals surface area contributed by atoms with Crippen LogP contribution in [0.5, 0.6) is 0 Å². The van der Waals surface area contributed by atoms with Crippen LogP contribution in [0.2, 0.25) is 0 Å². The molecule has 0 spiro atoms. The number of rotatable bonds is 4. The van der Waals surface area contributed by atoms with Gasteiger partial charge in [-0.25, -0.2) is 15.0 Å². The average Bonchev–Trinajstić information content (AvgIpc) is 3.29. The van der Waals surface area contributed by atoms with Crippen molar-refractivity contribution in [3.63, 3.8) is 0 Å². The summed E-state index contributed by atoms with van der Waals surface area (Å²) in [4.78, 5) is 17.2. The molecule has 1 fully saturated rings. The van der Waals surface area contributed by atoms with Crippen LogP contribution in [0.15, 0.2) is 36.4 Å². The zero-order valence-corrected chi connectivity index (χ0v) is 15.1. The molecule has 1 aliphatic heterocycles. The molecular formula is C21H23N5. The van der Waals surface area contributed by atoms with Crippen molar-refractivity contribution in [1.82, 2.24) is 24.3 Å². The first-order valence-electron chi connectivity index (χ1n) is 9.55. The maximum absolute atomic E-state index is 4.94. The van der Waals surface area contributed by atoms with Crippen LogP contribution in [0.1, 0.15) is 30.7 Å². The van der Waals surface area contributed by atoms with Crippen molar-refractivity contribution in [2.24, 2.45) is 0 Å². The lowest BCUT2D eigenvalue weighted by atomic mass is 10.2. The van der Waals surface area contributed by atoms with E-state index in [0.29, 0.717) is 0 Å². The van der Waals surface area contributed by atoms with Crippen LogP contribution in [0.3, 0.4) is 0 Å². The molecule has 0 atom stereocenters. The lowest BCUT2D eigenvalue weighted by Gasteiger charge is -2.14. The summed E-state index contributed by atoms with van der Waals surface area (Å²) in [6.07, 6.45) is 4.76. The van der Waals surface area contributed by atoms with Gasteiger partial charge in [-0.2, -0.15) is 0 Å². The standard InChI is InChI=1S/C21H23N5/c1-15-10-11-18-20(22-15)26-19-9-3-2-7-16(19)24-21(26)17(23-18)8-6-14-25-12-4-5-13-25/h2-3,7,9-11H,4-6,8,12-14H2,1H3. The third-order valence-electron chi connectivity index (χ3n) is 5.37. The van der Waals surface area contributed by atoms with Crippen LogP contribution in [0.4, 0.5) is 0 Å². The first-order chi connectivity index (χ1) is 12.8. The smallest absolute Gasteiger partial charge is 0.165 e. The largest absolute Gasteiger partial charge is 0.303 e. The van der Waals surface area contributed by atoms with Crippen LogP contribution >= 0.6 is 0 Å². The van der Waals surface area contributed by atoms with Crippen molar-refractivity contribution < 1.29 is 0 Å². The molecule has 0 radical (unpaired) electrons. The van der Waals surface area contributed by atoms with Crippen molar-refractivity contribution in [3.8, 4) is 0 Å². The van der Waals surface area contributed by atoms with E-state index in [4.69, 9.17) is 15.0 Å². The van der Waals surface area contributed by atoms with Gasteiger partial charge in [-0.1, -0.05) is 12.1 Å². The number of aryl methyl sites for hydroxylation is 2. The normalized spacial score (nSPS) is 15.6. The van der Waals surface area contributed by atoms with Gasteiger partial charge in [0.25, 0.3) is 0 Å². The predicted molar refractivity (Wildman–Crippen MR) is 105 cm³/mol. The van der Waals surface area contributed by atoms with E-state index in [1.807, 2.05) is 19.1 Å². The number of aromatic nitrogens is 4. The molecule has 0 unspecified atom stereocenters. The van der Waals surface area contributed by atoms with Crippen molar-refractivity contribution in [2.75, 3.05) is 19.6 Å². The third-order valence-corrected chi connectivity index (χ3v) is 5.37. The second-order valence-corrected chi connectivity index (χ2v) is 7.27. The van der Waals surface area contributed by atoms with Gasteiger partial charge in [-0.3, -0.25) is 4.40 Å². The molecule has 132 valence electrons. The summed E-state index contributed by atoms with van der Waals surface area (Å²) in [5.74, 6) is 0. The number of hydrogen-bond donors (Lipinski definition) is 0. The summed E-state index contributed by atoms with van der Waals surface area (Å²) in [6.45, 7) is 5.67. The molecule has 0 aliphatic carbocycles. The summed E-state index contributed by atoms with van der Waals surface area (Å²) >= 11 is 0. The molecule has 0 bridgehead atoms. The SMILES string of the molecule is Cc1ccc2nc(CCCN3CCCC3)c3nc4ccccc4n3c2n1. The molecule has 0 N–H and O–H groups in total. The van der Waals surface area contributed by atoms with Crippen molar-refractivity contribution in [3.05, 3.63) is 47.8 Å². The number of hydrogen-bond acceptors (Lipinski definition) is 4. The van der Waals surface area contributed by atoms with E-state index in [1.54, 1.807) is 0 Å². The van der Waals surface area contributed by atoms with Crippen molar-refractivity contribution in [2.45, 2.75) is 32.6 Å². The number of likely N-dealkylation sites (tertiary alicyclic amines) is 1. The number of imidazole rings is 1. The zero-order valence-electron chi connectivity index (χ0n) is 15.1. The minimum absolute atomic E-state index is 0.900. The number of fused-ring (bicyclic) bond motifs is 5. The Morgan fingerprint density at radius 2 is 1.73 bits per heavy atom. The Morgan fingerprint density at radius 1 is 0.885 bits per heavy atom. The van der Waals surface area contributed by atoms with Gasteiger partial charge >= 0.3 is 0 Å². The highest BCUT2D eigenvalue weighted by molar-refractivity contribution is 5.87. The number of para-hydroxylation sites is 2. The van der Waals surface area contributed by atoms with Gasteiger partial charge in [0, 0.05) is 5.69 Å². The highest BCUT2D eigenvalue weighted by atomic mass is 15.1. The number of pyridine rings is 1. The first-order valence-corrected chi connectivity index (χ1v) is 9.55. The highest BCUT2D eigenvalue weighted by Crippen LogP contribution is 2.24. The van der Waals surface area contributed by atoms with E-state index in [0.717, 1.165) is 58.6 Å². The van der Waals surface area contributed by atoms with Gasteiger partial charge in [-0.05, 0) is 76.5 Å². The number of nitrogens with zero attached hydrogens (tertiary/aromatic N) is 5. The van der Waals surface area contributed by atoms with Gasteiger partial charge in [0.05, 0.1) is 16.7 Å². The fourth-order valence-electron chi connectivity index (χ4n) is 4.06. The second kappa shape index (κ2) is 6.32. The molecule has 1 saturated heterocycles. The quantitative estimate of drug-likeness (QED) is 0.565. The van der Waals surface area contributed by atoms with Crippen molar-refractivity contribution >= 4 is 27.8 Å². The molecule has 26 heavy (non-hydrogen) atoms. The number of benzene rings is 1. The Labute approximate surface area is 152 Å². The minimum atomic E-state index is 0.900. The summed E-state index contributed by atoms with van der Waals surface area (Å²) < 4.78 is 2.19. The minimum Gasteiger partial charge on any atom is -0.303 e. The maximum Gasteiger partial charge on any atom is 0.165 e. The summed E-state index contributed by atoms with van der Waals surface area (Å²) in [5, 5.41) is 0. The molecule has 5 heteroatoms.